The van der Waals surface area contributed by atoms with Crippen molar-refractivity contribution < 1.29 is 27.1 Å². The van der Waals surface area contributed by atoms with Crippen molar-refractivity contribution in [3.05, 3.63) is 29.6 Å². The minimum atomic E-state index is -4.88. The molecule has 0 radical (unpaired) electrons. The van der Waals surface area contributed by atoms with Gasteiger partial charge in [0.2, 0.25) is 0 Å². The average molecular weight is 346 g/mol. The van der Waals surface area contributed by atoms with E-state index in [1.54, 1.807) is 0 Å². The normalized spacial score (nSPS) is 21.5. The van der Waals surface area contributed by atoms with Crippen molar-refractivity contribution in [3.8, 4) is 5.75 Å². The predicted octanol–water partition coefficient (Wildman–Crippen LogP) is 5.44. The zero-order valence-electron chi connectivity index (χ0n) is 13.4. The highest BCUT2D eigenvalue weighted by atomic mass is 19.4. The van der Waals surface area contributed by atoms with E-state index in [1.807, 2.05) is 0 Å². The Balaban J connectivity index is 1.79. The quantitative estimate of drug-likeness (QED) is 0.485. The maximum atomic E-state index is 13.7. The molecule has 1 aromatic rings. The van der Waals surface area contributed by atoms with E-state index in [1.165, 1.54) is 6.07 Å². The van der Waals surface area contributed by atoms with Gasteiger partial charge in [-0.1, -0.05) is 31.7 Å². The molecule has 1 fully saturated rings. The average Bonchev–Trinajstić information content (AvgIpc) is 2.53. The van der Waals surface area contributed by atoms with E-state index in [0.717, 1.165) is 56.9 Å². The Kier molecular flexibility index (Phi) is 6.63. The summed E-state index contributed by atoms with van der Waals surface area (Å²) in [5.41, 5.74) is 0.685. The van der Waals surface area contributed by atoms with Gasteiger partial charge in [0.15, 0.2) is 11.6 Å². The molecule has 0 unspecified atom stereocenters. The largest absolute Gasteiger partial charge is 0.573 e. The van der Waals surface area contributed by atoms with E-state index in [-0.39, 0.29) is 0 Å². The second kappa shape index (κ2) is 8.49. The molecular formula is C18H22F4O2. The fourth-order valence-electron chi connectivity index (χ4n) is 3.39. The minimum Gasteiger partial charge on any atom is -0.403 e. The van der Waals surface area contributed by atoms with E-state index in [9.17, 15) is 22.4 Å². The zero-order valence-corrected chi connectivity index (χ0v) is 13.4. The van der Waals surface area contributed by atoms with Crippen LogP contribution in [0.5, 0.6) is 5.75 Å². The molecule has 2 nitrogen and oxygen atoms in total. The molecule has 24 heavy (non-hydrogen) atoms. The van der Waals surface area contributed by atoms with Crippen LogP contribution in [0.15, 0.2) is 18.2 Å². The Morgan fingerprint density at radius 1 is 1.08 bits per heavy atom. The lowest BCUT2D eigenvalue weighted by Gasteiger charge is -2.28. The predicted molar refractivity (Wildman–Crippen MR) is 82.2 cm³/mol. The molecular weight excluding hydrogens is 324 g/mol. The van der Waals surface area contributed by atoms with Crippen molar-refractivity contribution in [3.63, 3.8) is 0 Å². The number of carbonyl (C=O) groups is 1. The van der Waals surface area contributed by atoms with Crippen molar-refractivity contribution in [2.75, 3.05) is 0 Å². The van der Waals surface area contributed by atoms with Gasteiger partial charge in [0.05, 0.1) is 0 Å². The molecule has 0 spiro atoms. The first-order valence-electron chi connectivity index (χ1n) is 8.35. The number of halogens is 4. The smallest absolute Gasteiger partial charge is 0.403 e. The Bertz CT molecular complexity index is 534. The minimum absolute atomic E-state index is 0.562. The molecule has 0 aliphatic heterocycles. The molecule has 1 aliphatic rings. The molecule has 1 aliphatic carbocycles. The summed E-state index contributed by atoms with van der Waals surface area (Å²) in [5.74, 6) is -0.585. The van der Waals surface area contributed by atoms with Crippen LogP contribution in [-0.4, -0.2) is 12.6 Å². The van der Waals surface area contributed by atoms with E-state index in [4.69, 9.17) is 0 Å². The molecule has 0 bridgehead atoms. The number of rotatable bonds is 7. The Labute approximate surface area is 139 Å². The van der Waals surface area contributed by atoms with Gasteiger partial charge in [-0.2, -0.15) is 0 Å². The van der Waals surface area contributed by atoms with Gasteiger partial charge < -0.3 is 9.53 Å². The van der Waals surface area contributed by atoms with Gasteiger partial charge in [0.25, 0.3) is 0 Å². The van der Waals surface area contributed by atoms with Crippen LogP contribution in [0.2, 0.25) is 0 Å². The van der Waals surface area contributed by atoms with E-state index in [0.29, 0.717) is 30.2 Å². The summed E-state index contributed by atoms with van der Waals surface area (Å²) < 4.78 is 53.6. The number of hydrogen-bond donors (Lipinski definition) is 0. The fourth-order valence-corrected chi connectivity index (χ4v) is 3.39. The lowest BCUT2D eigenvalue weighted by atomic mass is 9.78. The maximum Gasteiger partial charge on any atom is 0.573 e. The van der Waals surface area contributed by atoms with Gasteiger partial charge in [-0.05, 0) is 48.8 Å². The number of hydrogen-bond acceptors (Lipinski definition) is 2. The topological polar surface area (TPSA) is 26.3 Å². The summed E-state index contributed by atoms with van der Waals surface area (Å²) in [6.07, 6.45) is 3.64. The van der Waals surface area contributed by atoms with Crippen molar-refractivity contribution in [2.24, 2.45) is 11.8 Å². The third kappa shape index (κ3) is 6.13. The first-order chi connectivity index (χ1) is 11.4. The van der Waals surface area contributed by atoms with Crippen molar-refractivity contribution >= 4 is 6.29 Å². The maximum absolute atomic E-state index is 13.7. The molecule has 0 heterocycles. The molecule has 2 rings (SSSR count). The van der Waals surface area contributed by atoms with Gasteiger partial charge in [0.1, 0.15) is 6.29 Å². The van der Waals surface area contributed by atoms with Crippen LogP contribution in [0.25, 0.3) is 0 Å². The third-order valence-electron chi connectivity index (χ3n) is 4.72. The number of aryl methyl sites for hydroxylation is 1. The molecule has 0 N–H and O–H groups in total. The molecule has 0 amide bonds. The second-order valence-corrected chi connectivity index (χ2v) is 6.48. The van der Waals surface area contributed by atoms with Gasteiger partial charge in [-0.3, -0.25) is 0 Å². The molecule has 0 saturated heterocycles. The summed E-state index contributed by atoms with van der Waals surface area (Å²) in [5, 5.41) is 0. The second-order valence-electron chi connectivity index (χ2n) is 6.48. The summed E-state index contributed by atoms with van der Waals surface area (Å²) >= 11 is 0. The first-order valence-corrected chi connectivity index (χ1v) is 8.35. The highest BCUT2D eigenvalue weighted by Crippen LogP contribution is 2.34. The van der Waals surface area contributed by atoms with Crippen LogP contribution < -0.4 is 4.74 Å². The molecule has 0 atom stereocenters. The Hall–Kier alpha value is -1.59. The molecule has 0 aromatic heterocycles. The van der Waals surface area contributed by atoms with E-state index < -0.39 is 17.9 Å². The molecule has 6 heteroatoms. The number of benzene rings is 1. The number of alkyl halides is 3. The van der Waals surface area contributed by atoms with Gasteiger partial charge in [0, 0.05) is 6.42 Å². The lowest BCUT2D eigenvalue weighted by molar-refractivity contribution is -0.275. The highest BCUT2D eigenvalue weighted by Gasteiger charge is 2.32. The van der Waals surface area contributed by atoms with Crippen LogP contribution >= 0.6 is 0 Å². The number of ether oxygens (including phenoxy) is 1. The Morgan fingerprint density at radius 2 is 1.71 bits per heavy atom. The summed E-state index contributed by atoms with van der Waals surface area (Å²) in [7, 11) is 0. The molecule has 1 saturated carbocycles. The van der Waals surface area contributed by atoms with Gasteiger partial charge in [-0.15, -0.1) is 13.2 Å². The van der Waals surface area contributed by atoms with Gasteiger partial charge >= 0.3 is 6.36 Å². The summed E-state index contributed by atoms with van der Waals surface area (Å²) in [4.78, 5) is 10.4. The SMILES string of the molecule is O=CCCC1CCC(CCc2ccc(OC(F)(F)F)c(F)c2)CC1. The molecule has 1 aromatic carbocycles. The van der Waals surface area contributed by atoms with Crippen molar-refractivity contribution in [2.45, 2.75) is 57.7 Å². The van der Waals surface area contributed by atoms with E-state index in [2.05, 4.69) is 4.74 Å². The van der Waals surface area contributed by atoms with Gasteiger partial charge in [-0.25, -0.2) is 4.39 Å². The standard InChI is InChI=1S/C18H22F4O2/c19-16-12-15(9-10-17(16)24-18(20,21)22)8-7-14-5-3-13(4-6-14)2-1-11-23/h9-14H,1-8H2. The number of carbonyl (C=O) groups excluding carboxylic acids is 1. The lowest BCUT2D eigenvalue weighted by Crippen LogP contribution is -2.18. The van der Waals surface area contributed by atoms with Crippen LogP contribution in [-0.2, 0) is 11.2 Å². The first kappa shape index (κ1) is 18.7. The molecule has 134 valence electrons. The summed E-state index contributed by atoms with van der Waals surface area (Å²) in [6, 6.07) is 3.64. The number of aldehydes is 1. The van der Waals surface area contributed by atoms with Crippen LogP contribution in [0, 0.1) is 17.7 Å². The Morgan fingerprint density at radius 3 is 2.25 bits per heavy atom. The van der Waals surface area contributed by atoms with Crippen molar-refractivity contribution in [1.82, 2.24) is 0 Å². The monoisotopic (exact) mass is 346 g/mol. The van der Waals surface area contributed by atoms with Crippen LogP contribution in [0.3, 0.4) is 0 Å². The van der Waals surface area contributed by atoms with Crippen LogP contribution in [0.1, 0.15) is 50.5 Å². The van der Waals surface area contributed by atoms with E-state index >= 15 is 0 Å². The van der Waals surface area contributed by atoms with Crippen molar-refractivity contribution in [1.29, 1.82) is 0 Å². The highest BCUT2D eigenvalue weighted by molar-refractivity contribution is 5.49. The zero-order chi connectivity index (χ0) is 17.6. The fraction of sp³-hybridized carbons (Fsp3) is 0.611. The summed E-state index contributed by atoms with van der Waals surface area (Å²) in [6.45, 7) is 0. The van der Waals surface area contributed by atoms with Crippen LogP contribution in [0.4, 0.5) is 17.6 Å². The third-order valence-corrected chi connectivity index (χ3v) is 4.72.